The van der Waals surface area contributed by atoms with Crippen molar-refractivity contribution in [2.75, 3.05) is 13.1 Å². The molecule has 6 heteroatoms. The maximum atomic E-state index is 13.4. The van der Waals surface area contributed by atoms with E-state index in [1.54, 1.807) is 0 Å². The minimum absolute atomic E-state index is 0.294. The number of hydrogen-bond acceptors (Lipinski definition) is 3. The molecule has 1 fully saturated rings. The van der Waals surface area contributed by atoms with Gasteiger partial charge in [0, 0.05) is 16.0 Å². The normalized spacial score (nSPS) is 16.7. The summed E-state index contributed by atoms with van der Waals surface area (Å²) in [7, 11) is 0. The molecule has 2 N–H and O–H groups in total. The number of nitrogens with one attached hydrogen (secondary N) is 2. The fraction of sp³-hybridized carbons (Fsp3) is 0.385. The first kappa shape index (κ1) is 12.7. The van der Waals surface area contributed by atoms with Crippen LogP contribution in [0.5, 0.6) is 0 Å². The van der Waals surface area contributed by atoms with Crippen molar-refractivity contribution >= 4 is 15.9 Å². The molecule has 0 bridgehead atoms. The lowest BCUT2D eigenvalue weighted by molar-refractivity contribution is 0.446. The predicted octanol–water partition coefficient (Wildman–Crippen LogP) is 2.84. The molecule has 1 aromatic carbocycles. The van der Waals surface area contributed by atoms with Crippen molar-refractivity contribution in [2.24, 2.45) is 0 Å². The zero-order chi connectivity index (χ0) is 13.2. The van der Waals surface area contributed by atoms with E-state index in [4.69, 9.17) is 0 Å². The van der Waals surface area contributed by atoms with Crippen molar-refractivity contribution in [1.29, 1.82) is 0 Å². The first-order chi connectivity index (χ1) is 9.22. The van der Waals surface area contributed by atoms with E-state index < -0.39 is 0 Å². The molecule has 0 aliphatic carbocycles. The molecule has 0 radical (unpaired) electrons. The Morgan fingerprint density at radius 2 is 2.00 bits per heavy atom. The van der Waals surface area contributed by atoms with E-state index in [0.29, 0.717) is 21.8 Å². The van der Waals surface area contributed by atoms with Gasteiger partial charge in [-0.3, -0.25) is 5.10 Å². The third kappa shape index (κ3) is 2.84. The van der Waals surface area contributed by atoms with E-state index in [2.05, 4.69) is 36.4 Å². The van der Waals surface area contributed by atoms with Gasteiger partial charge in [-0.2, -0.15) is 5.10 Å². The van der Waals surface area contributed by atoms with Crippen molar-refractivity contribution in [2.45, 2.75) is 18.8 Å². The quantitative estimate of drug-likeness (QED) is 0.893. The third-order valence-corrected chi connectivity index (χ3v) is 3.81. The summed E-state index contributed by atoms with van der Waals surface area (Å²) in [6, 6.07) is 4.68. The summed E-state index contributed by atoms with van der Waals surface area (Å²) in [5.41, 5.74) is 0.684. The number of rotatable bonds is 2. The number of piperidine rings is 1. The topological polar surface area (TPSA) is 53.6 Å². The number of aromatic amines is 1. The highest BCUT2D eigenvalue weighted by atomic mass is 79.9. The molecule has 4 nitrogen and oxygen atoms in total. The van der Waals surface area contributed by atoms with Crippen molar-refractivity contribution in [3.05, 3.63) is 34.3 Å². The van der Waals surface area contributed by atoms with E-state index in [1.807, 2.05) is 6.07 Å². The average Bonchev–Trinajstić information content (AvgIpc) is 2.88. The number of hydrogen-bond donors (Lipinski definition) is 2. The SMILES string of the molecule is Fc1cc(Br)cc(-c2n[nH]c(C3CCNCC3)n2)c1. The molecule has 0 spiro atoms. The maximum absolute atomic E-state index is 13.4. The molecule has 100 valence electrons. The summed E-state index contributed by atoms with van der Waals surface area (Å²) < 4.78 is 14.1. The van der Waals surface area contributed by atoms with Crippen molar-refractivity contribution < 1.29 is 4.39 Å². The standard InChI is InChI=1S/C13H14BrFN4/c14-10-5-9(6-11(15)7-10)13-17-12(18-19-13)8-1-3-16-4-2-8/h5-8,16H,1-4H2,(H,17,18,19). The Balaban J connectivity index is 1.87. The van der Waals surface area contributed by atoms with Gasteiger partial charge >= 0.3 is 0 Å². The lowest BCUT2D eigenvalue weighted by Crippen LogP contribution is -2.27. The molecular weight excluding hydrogens is 311 g/mol. The first-order valence-corrected chi connectivity index (χ1v) is 7.11. The molecular formula is C13H14BrFN4. The summed E-state index contributed by atoms with van der Waals surface area (Å²) >= 11 is 3.28. The van der Waals surface area contributed by atoms with Crippen LogP contribution in [0.3, 0.4) is 0 Å². The van der Waals surface area contributed by atoms with Gasteiger partial charge in [-0.05, 0) is 44.1 Å². The van der Waals surface area contributed by atoms with E-state index in [9.17, 15) is 4.39 Å². The number of nitrogens with zero attached hydrogens (tertiary/aromatic N) is 2. The van der Waals surface area contributed by atoms with Crippen LogP contribution in [0.1, 0.15) is 24.6 Å². The van der Waals surface area contributed by atoms with Gasteiger partial charge in [0.25, 0.3) is 0 Å². The Labute approximate surface area is 119 Å². The van der Waals surface area contributed by atoms with Gasteiger partial charge in [0.2, 0.25) is 0 Å². The molecule has 1 aliphatic heterocycles. The Morgan fingerprint density at radius 3 is 2.74 bits per heavy atom. The van der Waals surface area contributed by atoms with Gasteiger partial charge in [0.05, 0.1) is 0 Å². The zero-order valence-corrected chi connectivity index (χ0v) is 11.9. The highest BCUT2D eigenvalue weighted by Gasteiger charge is 2.19. The Bertz CT molecular complexity index is 558. The molecule has 0 atom stereocenters. The smallest absolute Gasteiger partial charge is 0.181 e. The molecule has 1 saturated heterocycles. The Hall–Kier alpha value is -1.27. The van der Waals surface area contributed by atoms with Crippen molar-refractivity contribution in [1.82, 2.24) is 20.5 Å². The number of H-pyrrole nitrogens is 1. The van der Waals surface area contributed by atoms with Gasteiger partial charge in [-0.1, -0.05) is 15.9 Å². The first-order valence-electron chi connectivity index (χ1n) is 6.32. The largest absolute Gasteiger partial charge is 0.317 e. The van der Waals surface area contributed by atoms with E-state index >= 15 is 0 Å². The van der Waals surface area contributed by atoms with Crippen LogP contribution in [-0.2, 0) is 0 Å². The monoisotopic (exact) mass is 324 g/mol. The summed E-state index contributed by atoms with van der Waals surface area (Å²) in [4.78, 5) is 4.50. The van der Waals surface area contributed by atoms with Crippen LogP contribution in [0.2, 0.25) is 0 Å². The minimum Gasteiger partial charge on any atom is -0.317 e. The van der Waals surface area contributed by atoms with E-state index in [0.717, 1.165) is 31.8 Å². The molecule has 1 aliphatic rings. The van der Waals surface area contributed by atoms with Gasteiger partial charge in [0.15, 0.2) is 5.82 Å². The average molecular weight is 325 g/mol. The van der Waals surface area contributed by atoms with Gasteiger partial charge in [0.1, 0.15) is 11.6 Å². The van der Waals surface area contributed by atoms with Crippen LogP contribution in [0.15, 0.2) is 22.7 Å². The minimum atomic E-state index is -0.294. The summed E-state index contributed by atoms with van der Waals surface area (Å²) in [6.07, 6.45) is 2.11. The predicted molar refractivity (Wildman–Crippen MR) is 74.3 cm³/mol. The number of benzene rings is 1. The number of aromatic nitrogens is 3. The second-order valence-electron chi connectivity index (χ2n) is 4.73. The van der Waals surface area contributed by atoms with Crippen LogP contribution in [-0.4, -0.2) is 28.3 Å². The van der Waals surface area contributed by atoms with Crippen LogP contribution < -0.4 is 5.32 Å². The van der Waals surface area contributed by atoms with Crippen LogP contribution in [0.25, 0.3) is 11.4 Å². The van der Waals surface area contributed by atoms with Crippen LogP contribution >= 0.6 is 15.9 Å². The van der Waals surface area contributed by atoms with Gasteiger partial charge < -0.3 is 5.32 Å². The third-order valence-electron chi connectivity index (χ3n) is 3.35. The van der Waals surface area contributed by atoms with Crippen LogP contribution in [0.4, 0.5) is 4.39 Å². The highest BCUT2D eigenvalue weighted by molar-refractivity contribution is 9.10. The van der Waals surface area contributed by atoms with Gasteiger partial charge in [-0.15, -0.1) is 0 Å². The Morgan fingerprint density at radius 1 is 1.21 bits per heavy atom. The molecule has 3 rings (SSSR count). The molecule has 1 aromatic heterocycles. The number of halogens is 2. The molecule has 0 amide bonds. The van der Waals surface area contributed by atoms with Crippen LogP contribution in [0, 0.1) is 5.82 Å². The van der Waals surface area contributed by atoms with E-state index in [-0.39, 0.29) is 5.82 Å². The van der Waals surface area contributed by atoms with Gasteiger partial charge in [-0.25, -0.2) is 9.37 Å². The maximum Gasteiger partial charge on any atom is 0.181 e. The molecule has 0 unspecified atom stereocenters. The molecule has 0 saturated carbocycles. The molecule has 2 aromatic rings. The fourth-order valence-corrected chi connectivity index (χ4v) is 2.83. The van der Waals surface area contributed by atoms with E-state index in [1.165, 1.54) is 12.1 Å². The zero-order valence-electron chi connectivity index (χ0n) is 10.3. The summed E-state index contributed by atoms with van der Waals surface area (Å²) in [5.74, 6) is 1.57. The fourth-order valence-electron chi connectivity index (χ4n) is 2.36. The lowest BCUT2D eigenvalue weighted by atomic mass is 9.98. The second-order valence-corrected chi connectivity index (χ2v) is 5.64. The Kier molecular flexibility index (Phi) is 3.61. The highest BCUT2D eigenvalue weighted by Crippen LogP contribution is 2.26. The van der Waals surface area contributed by atoms with Crippen molar-refractivity contribution in [3.8, 4) is 11.4 Å². The molecule has 2 heterocycles. The lowest BCUT2D eigenvalue weighted by Gasteiger charge is -2.19. The van der Waals surface area contributed by atoms with Crippen molar-refractivity contribution in [3.63, 3.8) is 0 Å². The second kappa shape index (κ2) is 5.38. The summed E-state index contributed by atoms with van der Waals surface area (Å²) in [5, 5.41) is 10.5. The molecule has 19 heavy (non-hydrogen) atoms. The summed E-state index contributed by atoms with van der Waals surface area (Å²) in [6.45, 7) is 2.01.